The van der Waals surface area contributed by atoms with Crippen molar-refractivity contribution in [1.82, 2.24) is 0 Å². The van der Waals surface area contributed by atoms with E-state index >= 15 is 0 Å². The Morgan fingerprint density at radius 3 is 2.60 bits per heavy atom. The smallest absolute Gasteiger partial charge is 0.320 e. The molecule has 10 heavy (non-hydrogen) atoms. The van der Waals surface area contributed by atoms with Crippen molar-refractivity contribution in [2.24, 2.45) is 5.73 Å². The van der Waals surface area contributed by atoms with Gasteiger partial charge in [-0.15, -0.1) is 12.4 Å². The number of carboxylic acids is 1. The highest BCUT2D eigenvalue weighted by Gasteiger charge is 2.07. The Bertz CT molecular complexity index is 125. The summed E-state index contributed by atoms with van der Waals surface area (Å²) in [4.78, 5) is 10.0. The summed E-state index contributed by atoms with van der Waals surface area (Å²) in [5.74, 6) is -0.951. The van der Waals surface area contributed by atoms with Crippen molar-refractivity contribution in [2.45, 2.75) is 19.4 Å². The molecule has 3 nitrogen and oxygen atoms in total. The van der Waals surface area contributed by atoms with Crippen molar-refractivity contribution in [3.05, 3.63) is 12.2 Å². The van der Waals surface area contributed by atoms with Crippen molar-refractivity contribution in [3.63, 3.8) is 0 Å². The minimum atomic E-state index is -0.951. The van der Waals surface area contributed by atoms with E-state index in [2.05, 4.69) is 0 Å². The zero-order valence-electron chi connectivity index (χ0n) is 5.78. The van der Waals surface area contributed by atoms with E-state index in [9.17, 15) is 4.79 Å². The fourth-order valence-corrected chi connectivity index (χ4v) is 0.384. The summed E-state index contributed by atoms with van der Waals surface area (Å²) in [7, 11) is 0. The molecule has 0 heterocycles. The van der Waals surface area contributed by atoms with Gasteiger partial charge in [-0.05, 0) is 13.3 Å². The third kappa shape index (κ3) is 5.59. The fourth-order valence-electron chi connectivity index (χ4n) is 0.384. The average Bonchev–Trinajstić information content (AvgIpc) is 1.82. The van der Waals surface area contributed by atoms with E-state index in [1.54, 1.807) is 12.2 Å². The predicted octanol–water partition coefficient (Wildman–Crippen LogP) is 0.786. The van der Waals surface area contributed by atoms with E-state index in [-0.39, 0.29) is 12.4 Å². The summed E-state index contributed by atoms with van der Waals surface area (Å²) in [5.41, 5.74) is 5.15. The molecule has 0 rings (SSSR count). The van der Waals surface area contributed by atoms with Gasteiger partial charge in [0.15, 0.2) is 0 Å². The van der Waals surface area contributed by atoms with Crippen molar-refractivity contribution in [1.29, 1.82) is 0 Å². The molecular weight excluding hydrogens is 154 g/mol. The van der Waals surface area contributed by atoms with Crippen LogP contribution in [-0.4, -0.2) is 17.1 Å². The topological polar surface area (TPSA) is 63.3 Å². The Labute approximate surface area is 66.3 Å². The molecule has 0 aliphatic heterocycles. The molecule has 0 spiro atoms. The van der Waals surface area contributed by atoms with Crippen LogP contribution in [0.2, 0.25) is 0 Å². The van der Waals surface area contributed by atoms with Crippen molar-refractivity contribution in [3.8, 4) is 0 Å². The number of allylic oxidation sites excluding steroid dienone is 1. The monoisotopic (exact) mass is 165 g/mol. The first-order valence-corrected chi connectivity index (χ1v) is 2.78. The Morgan fingerprint density at radius 2 is 2.30 bits per heavy atom. The molecule has 60 valence electrons. The Hall–Kier alpha value is -0.540. The second-order valence-electron chi connectivity index (χ2n) is 1.75. The molecule has 0 saturated heterocycles. The highest BCUT2D eigenvalue weighted by molar-refractivity contribution is 5.85. The maximum Gasteiger partial charge on any atom is 0.320 e. The summed E-state index contributed by atoms with van der Waals surface area (Å²) in [6, 6.07) is -0.749. The molecule has 0 aromatic heterocycles. The third-order valence-electron chi connectivity index (χ3n) is 0.943. The van der Waals surface area contributed by atoms with Crippen LogP contribution in [0.3, 0.4) is 0 Å². The number of hydrogen-bond donors (Lipinski definition) is 2. The van der Waals surface area contributed by atoms with E-state index < -0.39 is 12.0 Å². The van der Waals surface area contributed by atoms with E-state index in [1.807, 2.05) is 6.92 Å². The molecular formula is C6H12ClNO2. The number of rotatable bonds is 3. The van der Waals surface area contributed by atoms with Gasteiger partial charge in [0.05, 0.1) is 0 Å². The first-order chi connectivity index (χ1) is 4.18. The Kier molecular flexibility index (Phi) is 8.00. The van der Waals surface area contributed by atoms with E-state index in [4.69, 9.17) is 10.8 Å². The molecule has 0 aromatic carbocycles. The third-order valence-corrected chi connectivity index (χ3v) is 0.943. The van der Waals surface area contributed by atoms with Crippen LogP contribution in [0, 0.1) is 0 Å². The normalized spacial score (nSPS) is 12.6. The van der Waals surface area contributed by atoms with Gasteiger partial charge in [-0.2, -0.15) is 0 Å². The van der Waals surface area contributed by atoms with E-state index in [1.165, 1.54) is 0 Å². The maximum absolute atomic E-state index is 10.0. The predicted molar refractivity (Wildman–Crippen MR) is 42.3 cm³/mol. The van der Waals surface area contributed by atoms with Gasteiger partial charge in [0.25, 0.3) is 0 Å². The summed E-state index contributed by atoms with van der Waals surface area (Å²) < 4.78 is 0. The van der Waals surface area contributed by atoms with Crippen LogP contribution in [0.5, 0.6) is 0 Å². The fraction of sp³-hybridized carbons (Fsp3) is 0.500. The highest BCUT2D eigenvalue weighted by Crippen LogP contribution is 1.88. The van der Waals surface area contributed by atoms with Gasteiger partial charge in [0, 0.05) is 0 Å². The number of nitrogens with two attached hydrogens (primary N) is 1. The highest BCUT2D eigenvalue weighted by atomic mass is 35.5. The van der Waals surface area contributed by atoms with Gasteiger partial charge < -0.3 is 10.8 Å². The second-order valence-corrected chi connectivity index (χ2v) is 1.75. The first-order valence-electron chi connectivity index (χ1n) is 2.78. The van der Waals surface area contributed by atoms with E-state index in [0.29, 0.717) is 6.42 Å². The van der Waals surface area contributed by atoms with Gasteiger partial charge >= 0.3 is 5.97 Å². The van der Waals surface area contributed by atoms with Crippen LogP contribution < -0.4 is 5.73 Å². The molecule has 4 heteroatoms. The van der Waals surface area contributed by atoms with Gasteiger partial charge in [0.1, 0.15) is 6.04 Å². The molecule has 0 radical (unpaired) electrons. The van der Waals surface area contributed by atoms with Crippen LogP contribution >= 0.6 is 12.4 Å². The zero-order valence-corrected chi connectivity index (χ0v) is 6.60. The SMILES string of the molecule is C/C=C/C[C@H](N)C(=O)O.Cl. The van der Waals surface area contributed by atoms with Crippen LogP contribution in [-0.2, 0) is 4.79 Å². The lowest BCUT2D eigenvalue weighted by atomic mass is 10.2. The van der Waals surface area contributed by atoms with Crippen LogP contribution in [0.1, 0.15) is 13.3 Å². The minimum absolute atomic E-state index is 0. The summed E-state index contributed by atoms with van der Waals surface area (Å²) >= 11 is 0. The van der Waals surface area contributed by atoms with Crippen molar-refractivity contribution < 1.29 is 9.90 Å². The zero-order chi connectivity index (χ0) is 7.28. The molecule has 0 aliphatic rings. The van der Waals surface area contributed by atoms with Crippen LogP contribution in [0.15, 0.2) is 12.2 Å². The van der Waals surface area contributed by atoms with Gasteiger partial charge in [0.2, 0.25) is 0 Å². The standard InChI is InChI=1S/C6H11NO2.ClH/c1-2-3-4-5(7)6(8)9;/h2-3,5H,4,7H2,1H3,(H,8,9);1H/b3-2+;/t5-;/m0./s1. The molecule has 0 aliphatic carbocycles. The number of hydrogen-bond acceptors (Lipinski definition) is 2. The van der Waals surface area contributed by atoms with Crippen LogP contribution in [0.25, 0.3) is 0 Å². The first kappa shape index (κ1) is 12.2. The lowest BCUT2D eigenvalue weighted by molar-refractivity contribution is -0.138. The average molecular weight is 166 g/mol. The van der Waals surface area contributed by atoms with Crippen molar-refractivity contribution >= 4 is 18.4 Å². The number of carboxylic acid groups (broad SMARTS) is 1. The quantitative estimate of drug-likeness (QED) is 0.608. The maximum atomic E-state index is 10.0. The lowest BCUT2D eigenvalue weighted by Crippen LogP contribution is -2.29. The second kappa shape index (κ2) is 6.58. The Balaban J connectivity index is 0. The minimum Gasteiger partial charge on any atom is -0.480 e. The Morgan fingerprint density at radius 1 is 1.80 bits per heavy atom. The molecule has 0 unspecified atom stereocenters. The largest absolute Gasteiger partial charge is 0.480 e. The van der Waals surface area contributed by atoms with Crippen molar-refractivity contribution in [2.75, 3.05) is 0 Å². The van der Waals surface area contributed by atoms with Crippen LogP contribution in [0.4, 0.5) is 0 Å². The molecule has 0 bridgehead atoms. The number of aliphatic carboxylic acids is 1. The summed E-state index contributed by atoms with van der Waals surface area (Å²) in [6.45, 7) is 1.83. The number of halogens is 1. The summed E-state index contributed by atoms with van der Waals surface area (Å²) in [5, 5.41) is 8.25. The van der Waals surface area contributed by atoms with Gasteiger partial charge in [-0.25, -0.2) is 0 Å². The lowest BCUT2D eigenvalue weighted by Gasteiger charge is -1.98. The number of carbonyl (C=O) groups is 1. The van der Waals surface area contributed by atoms with E-state index in [0.717, 1.165) is 0 Å². The molecule has 1 atom stereocenters. The van der Waals surface area contributed by atoms with Gasteiger partial charge in [-0.3, -0.25) is 4.79 Å². The molecule has 0 fully saturated rings. The summed E-state index contributed by atoms with van der Waals surface area (Å²) in [6.07, 6.45) is 3.92. The van der Waals surface area contributed by atoms with Gasteiger partial charge in [-0.1, -0.05) is 12.2 Å². The molecule has 3 N–H and O–H groups in total. The molecule has 0 aromatic rings. The molecule has 0 amide bonds. The molecule has 0 saturated carbocycles.